The van der Waals surface area contributed by atoms with E-state index >= 15 is 0 Å². The molecule has 2 aromatic carbocycles. The third kappa shape index (κ3) is 2.43. The van der Waals surface area contributed by atoms with Crippen LogP contribution in [0, 0.1) is 6.92 Å². The number of aryl methyl sites for hydroxylation is 1. The van der Waals surface area contributed by atoms with Gasteiger partial charge in [0.25, 0.3) is 0 Å². The van der Waals surface area contributed by atoms with E-state index in [-0.39, 0.29) is 11.8 Å². The molecule has 2 atom stereocenters. The van der Waals surface area contributed by atoms with Gasteiger partial charge < -0.3 is 10.4 Å². The summed E-state index contributed by atoms with van der Waals surface area (Å²) in [4.78, 5) is 11.8. The van der Waals surface area contributed by atoms with Crippen molar-refractivity contribution < 1.29 is 9.90 Å². The molecule has 0 bridgehead atoms. The van der Waals surface area contributed by atoms with Gasteiger partial charge in [0, 0.05) is 10.7 Å². The van der Waals surface area contributed by atoms with Crippen LogP contribution >= 0.6 is 11.6 Å². The van der Waals surface area contributed by atoms with Gasteiger partial charge in [0.1, 0.15) is 6.10 Å². The van der Waals surface area contributed by atoms with Crippen molar-refractivity contribution in [2.45, 2.75) is 25.9 Å². The lowest BCUT2D eigenvalue weighted by atomic mass is 9.93. The number of carbonyl (C=O) groups is 1. The summed E-state index contributed by atoms with van der Waals surface area (Å²) in [7, 11) is 0. The SMILES string of the molecule is Cc1cc(C(O)c2ccc(Cl)cc2)cc2c1NC(=O)C2C. The number of anilines is 1. The van der Waals surface area contributed by atoms with Gasteiger partial charge in [0.15, 0.2) is 0 Å². The summed E-state index contributed by atoms with van der Waals surface area (Å²) in [6.07, 6.45) is -0.728. The van der Waals surface area contributed by atoms with E-state index in [0.717, 1.165) is 27.9 Å². The van der Waals surface area contributed by atoms with E-state index in [1.54, 1.807) is 12.1 Å². The third-order valence-electron chi connectivity index (χ3n) is 4.00. The van der Waals surface area contributed by atoms with Gasteiger partial charge in [-0.1, -0.05) is 29.8 Å². The Bertz CT molecular complexity index is 709. The van der Waals surface area contributed by atoms with Gasteiger partial charge in [-0.3, -0.25) is 4.79 Å². The highest BCUT2D eigenvalue weighted by Gasteiger charge is 2.29. The predicted molar refractivity (Wildman–Crippen MR) is 83.7 cm³/mol. The first-order valence-electron chi connectivity index (χ1n) is 6.86. The van der Waals surface area contributed by atoms with E-state index in [9.17, 15) is 9.90 Å². The van der Waals surface area contributed by atoms with Crippen LogP contribution in [0.4, 0.5) is 5.69 Å². The van der Waals surface area contributed by atoms with E-state index in [4.69, 9.17) is 11.6 Å². The van der Waals surface area contributed by atoms with Gasteiger partial charge in [0.2, 0.25) is 5.91 Å². The molecule has 0 aromatic heterocycles. The maximum atomic E-state index is 11.8. The van der Waals surface area contributed by atoms with Crippen LogP contribution in [-0.2, 0) is 4.79 Å². The van der Waals surface area contributed by atoms with Crippen LogP contribution in [0.1, 0.15) is 41.2 Å². The molecule has 0 radical (unpaired) electrons. The average Bonchev–Trinajstić information content (AvgIpc) is 2.76. The van der Waals surface area contributed by atoms with Crippen molar-refractivity contribution in [2.24, 2.45) is 0 Å². The molecule has 0 aliphatic carbocycles. The Hall–Kier alpha value is -1.84. The fraction of sp³-hybridized carbons (Fsp3) is 0.235. The fourth-order valence-electron chi connectivity index (χ4n) is 2.72. The first-order chi connectivity index (χ1) is 9.97. The zero-order chi connectivity index (χ0) is 15.1. The minimum Gasteiger partial charge on any atom is -0.384 e. The highest BCUT2D eigenvalue weighted by atomic mass is 35.5. The van der Waals surface area contributed by atoms with E-state index in [1.165, 1.54) is 0 Å². The van der Waals surface area contributed by atoms with Crippen LogP contribution in [-0.4, -0.2) is 11.0 Å². The maximum Gasteiger partial charge on any atom is 0.231 e. The number of aliphatic hydroxyl groups excluding tert-OH is 1. The molecule has 2 aromatic rings. The molecule has 3 rings (SSSR count). The van der Waals surface area contributed by atoms with Crippen molar-refractivity contribution >= 4 is 23.2 Å². The van der Waals surface area contributed by atoms with Crippen LogP contribution in [0.5, 0.6) is 0 Å². The lowest BCUT2D eigenvalue weighted by molar-refractivity contribution is -0.116. The lowest BCUT2D eigenvalue weighted by Crippen LogP contribution is -2.08. The topological polar surface area (TPSA) is 49.3 Å². The maximum absolute atomic E-state index is 11.8. The lowest BCUT2D eigenvalue weighted by Gasteiger charge is -2.15. The summed E-state index contributed by atoms with van der Waals surface area (Å²) in [6, 6.07) is 11.0. The van der Waals surface area contributed by atoms with Crippen LogP contribution in [0.2, 0.25) is 5.02 Å². The van der Waals surface area contributed by atoms with Gasteiger partial charge in [-0.15, -0.1) is 0 Å². The second-order valence-electron chi connectivity index (χ2n) is 5.47. The molecule has 0 saturated carbocycles. The van der Waals surface area contributed by atoms with E-state index in [0.29, 0.717) is 5.02 Å². The number of rotatable bonds is 2. The molecule has 2 N–H and O–H groups in total. The summed E-state index contributed by atoms with van der Waals surface area (Å²) in [5.41, 5.74) is 4.36. The van der Waals surface area contributed by atoms with Gasteiger partial charge in [-0.05, 0) is 54.3 Å². The Balaban J connectivity index is 2.02. The minimum atomic E-state index is -0.728. The molecule has 1 amide bonds. The zero-order valence-corrected chi connectivity index (χ0v) is 12.6. The van der Waals surface area contributed by atoms with Crippen molar-refractivity contribution in [2.75, 3.05) is 5.32 Å². The van der Waals surface area contributed by atoms with Crippen molar-refractivity contribution in [3.8, 4) is 0 Å². The second kappa shape index (κ2) is 5.17. The Morgan fingerprint density at radius 1 is 1.19 bits per heavy atom. The molecule has 0 saturated heterocycles. The number of nitrogens with one attached hydrogen (secondary N) is 1. The minimum absolute atomic E-state index is 0.00577. The normalized spacial score (nSPS) is 18.3. The molecule has 3 nitrogen and oxygen atoms in total. The number of fused-ring (bicyclic) bond motifs is 1. The first kappa shape index (κ1) is 14.1. The van der Waals surface area contributed by atoms with Crippen molar-refractivity contribution in [1.29, 1.82) is 0 Å². The van der Waals surface area contributed by atoms with Crippen LogP contribution in [0.25, 0.3) is 0 Å². The highest BCUT2D eigenvalue weighted by molar-refractivity contribution is 6.30. The summed E-state index contributed by atoms with van der Waals surface area (Å²) < 4.78 is 0. The summed E-state index contributed by atoms with van der Waals surface area (Å²) in [5.74, 6) is -0.178. The number of halogens is 1. The molecule has 1 heterocycles. The van der Waals surface area contributed by atoms with Gasteiger partial charge in [-0.25, -0.2) is 0 Å². The van der Waals surface area contributed by atoms with Crippen LogP contribution < -0.4 is 5.32 Å². The van der Waals surface area contributed by atoms with Crippen LogP contribution in [0.15, 0.2) is 36.4 Å². The Kier molecular flexibility index (Phi) is 3.47. The van der Waals surface area contributed by atoms with Gasteiger partial charge >= 0.3 is 0 Å². The Morgan fingerprint density at radius 3 is 2.52 bits per heavy atom. The largest absolute Gasteiger partial charge is 0.384 e. The van der Waals surface area contributed by atoms with Gasteiger partial charge in [-0.2, -0.15) is 0 Å². The first-order valence-corrected chi connectivity index (χ1v) is 7.24. The number of hydrogen-bond acceptors (Lipinski definition) is 2. The standard InChI is InChI=1S/C17H16ClNO2/c1-9-7-12(8-14-10(2)17(21)19-15(9)14)16(20)11-3-5-13(18)6-4-11/h3-8,10,16,20H,1-2H3,(H,19,21). The summed E-state index contributed by atoms with van der Waals surface area (Å²) in [6.45, 7) is 3.81. The molecule has 1 aliphatic rings. The molecule has 0 fully saturated rings. The van der Waals surface area contributed by atoms with E-state index < -0.39 is 6.10 Å². The van der Waals surface area contributed by atoms with Gasteiger partial charge in [0.05, 0.1) is 5.92 Å². The molecule has 1 aliphatic heterocycles. The molecule has 0 spiro atoms. The Labute approximate surface area is 128 Å². The smallest absolute Gasteiger partial charge is 0.231 e. The number of carbonyl (C=O) groups excluding carboxylic acids is 1. The highest BCUT2D eigenvalue weighted by Crippen LogP contribution is 2.38. The summed E-state index contributed by atoms with van der Waals surface area (Å²) >= 11 is 5.87. The predicted octanol–water partition coefficient (Wildman–Crippen LogP) is 3.79. The molecule has 21 heavy (non-hydrogen) atoms. The molecule has 4 heteroatoms. The molecular weight excluding hydrogens is 286 g/mol. The average molecular weight is 302 g/mol. The quantitative estimate of drug-likeness (QED) is 0.886. The second-order valence-corrected chi connectivity index (χ2v) is 5.90. The molecular formula is C17H16ClNO2. The summed E-state index contributed by atoms with van der Waals surface area (Å²) in [5, 5.41) is 14.1. The monoisotopic (exact) mass is 301 g/mol. The molecule has 2 unspecified atom stereocenters. The number of aliphatic hydroxyl groups is 1. The van der Waals surface area contributed by atoms with Crippen molar-refractivity contribution in [3.05, 3.63) is 63.7 Å². The number of amides is 1. The number of benzene rings is 2. The van der Waals surface area contributed by atoms with Crippen molar-refractivity contribution in [3.63, 3.8) is 0 Å². The third-order valence-corrected chi connectivity index (χ3v) is 4.25. The van der Waals surface area contributed by atoms with E-state index in [1.807, 2.05) is 38.1 Å². The fourth-order valence-corrected chi connectivity index (χ4v) is 2.85. The number of hydrogen-bond donors (Lipinski definition) is 2. The molecule has 108 valence electrons. The Morgan fingerprint density at radius 2 is 1.86 bits per heavy atom. The van der Waals surface area contributed by atoms with Crippen molar-refractivity contribution in [1.82, 2.24) is 0 Å². The van der Waals surface area contributed by atoms with E-state index in [2.05, 4.69) is 5.32 Å². The zero-order valence-electron chi connectivity index (χ0n) is 11.9. The van der Waals surface area contributed by atoms with Crippen LogP contribution in [0.3, 0.4) is 0 Å².